The molecule has 152 valence electrons. The summed E-state index contributed by atoms with van der Waals surface area (Å²) in [6, 6.07) is 21.6. The number of carbonyl (C=O) groups excluding carboxylic acids is 1. The van der Waals surface area contributed by atoms with E-state index in [-0.39, 0.29) is 5.41 Å². The molecule has 1 N–H and O–H groups in total. The first-order valence-corrected chi connectivity index (χ1v) is 11.0. The smallest absolute Gasteiger partial charge is 0.232 e. The van der Waals surface area contributed by atoms with Gasteiger partial charge < -0.3 is 10.2 Å². The number of piperidine rings is 1. The van der Waals surface area contributed by atoms with E-state index < -0.39 is 0 Å². The molecule has 2 aromatic rings. The van der Waals surface area contributed by atoms with Crippen molar-refractivity contribution in [1.82, 2.24) is 15.1 Å². The topological polar surface area (TPSA) is 35.6 Å². The summed E-state index contributed by atoms with van der Waals surface area (Å²) < 4.78 is 0. The molecule has 0 aromatic heterocycles. The van der Waals surface area contributed by atoms with E-state index >= 15 is 0 Å². The molecule has 4 aliphatic rings. The first-order valence-electron chi connectivity index (χ1n) is 11.0. The zero-order valence-electron chi connectivity index (χ0n) is 17.1. The van der Waals surface area contributed by atoms with Crippen molar-refractivity contribution in [3.63, 3.8) is 0 Å². The van der Waals surface area contributed by atoms with Crippen LogP contribution in [-0.2, 0) is 17.8 Å². The molecule has 4 nitrogen and oxygen atoms in total. The SMILES string of the molecule is O=C(N1C[C@@H]2CC[C@H]1CN(Cc1ccccc1)C2)C1(Cc2ccccc2)CNC1. The fraction of sp³-hybridized carbons (Fsp3) is 0.480. The highest BCUT2D eigenvalue weighted by Crippen LogP contribution is 2.36. The lowest BCUT2D eigenvalue weighted by molar-refractivity contribution is -0.149. The van der Waals surface area contributed by atoms with Gasteiger partial charge in [-0.05, 0) is 36.3 Å². The Morgan fingerprint density at radius 1 is 0.897 bits per heavy atom. The van der Waals surface area contributed by atoms with Crippen LogP contribution in [0.1, 0.15) is 24.0 Å². The van der Waals surface area contributed by atoms with Gasteiger partial charge in [0.05, 0.1) is 5.41 Å². The zero-order chi connectivity index (χ0) is 19.7. The summed E-state index contributed by atoms with van der Waals surface area (Å²) in [6.45, 7) is 5.66. The Bertz CT molecular complexity index is 834. The minimum absolute atomic E-state index is 0.254. The number of nitrogens with zero attached hydrogens (tertiary/aromatic N) is 2. The molecule has 0 spiro atoms. The second-order valence-corrected chi connectivity index (χ2v) is 9.28. The van der Waals surface area contributed by atoms with Crippen LogP contribution in [-0.4, -0.2) is 54.5 Å². The maximum Gasteiger partial charge on any atom is 0.232 e. The van der Waals surface area contributed by atoms with Crippen LogP contribution in [0.4, 0.5) is 0 Å². The maximum absolute atomic E-state index is 13.8. The van der Waals surface area contributed by atoms with E-state index in [1.54, 1.807) is 0 Å². The van der Waals surface area contributed by atoms with Crippen molar-refractivity contribution < 1.29 is 4.79 Å². The summed E-state index contributed by atoms with van der Waals surface area (Å²) in [5.41, 5.74) is 2.39. The predicted octanol–water partition coefficient (Wildman–Crippen LogP) is 2.94. The number of benzene rings is 2. The fourth-order valence-corrected chi connectivity index (χ4v) is 5.47. The van der Waals surface area contributed by atoms with Gasteiger partial charge in [0.1, 0.15) is 0 Å². The average Bonchev–Trinajstić information content (AvgIpc) is 3.02. The van der Waals surface area contributed by atoms with E-state index in [0.717, 1.165) is 52.1 Å². The van der Waals surface area contributed by atoms with Crippen molar-refractivity contribution >= 4 is 5.91 Å². The van der Waals surface area contributed by atoms with E-state index in [1.165, 1.54) is 17.5 Å². The molecule has 4 saturated heterocycles. The van der Waals surface area contributed by atoms with Gasteiger partial charge in [-0.25, -0.2) is 0 Å². The van der Waals surface area contributed by atoms with Crippen molar-refractivity contribution in [2.75, 3.05) is 32.7 Å². The van der Waals surface area contributed by atoms with Crippen LogP contribution in [0.5, 0.6) is 0 Å². The van der Waals surface area contributed by atoms with Crippen molar-refractivity contribution in [2.45, 2.75) is 31.8 Å². The van der Waals surface area contributed by atoms with E-state index in [9.17, 15) is 4.79 Å². The van der Waals surface area contributed by atoms with Gasteiger partial charge >= 0.3 is 0 Å². The van der Waals surface area contributed by atoms with E-state index in [0.29, 0.717) is 17.9 Å². The van der Waals surface area contributed by atoms with Gasteiger partial charge in [-0.3, -0.25) is 9.69 Å². The number of hydrogen-bond acceptors (Lipinski definition) is 3. The summed E-state index contributed by atoms with van der Waals surface area (Å²) in [5, 5.41) is 3.39. The van der Waals surface area contributed by atoms with Crippen molar-refractivity contribution in [1.29, 1.82) is 0 Å². The molecule has 0 unspecified atom stereocenters. The monoisotopic (exact) mass is 389 g/mol. The third-order valence-corrected chi connectivity index (χ3v) is 7.06. The van der Waals surface area contributed by atoms with E-state index in [2.05, 4.69) is 69.7 Å². The lowest BCUT2D eigenvalue weighted by Gasteiger charge is -2.47. The number of rotatable bonds is 5. The Morgan fingerprint density at radius 3 is 2.24 bits per heavy atom. The fourth-order valence-electron chi connectivity index (χ4n) is 5.47. The number of nitrogens with one attached hydrogen (secondary N) is 1. The number of fused-ring (bicyclic) bond motifs is 4. The Balaban J connectivity index is 1.31. The van der Waals surface area contributed by atoms with Crippen LogP contribution in [0, 0.1) is 11.3 Å². The lowest BCUT2D eigenvalue weighted by Crippen LogP contribution is -2.65. The van der Waals surface area contributed by atoms with E-state index in [1.807, 2.05) is 6.07 Å². The lowest BCUT2D eigenvalue weighted by atomic mass is 9.74. The Hall–Kier alpha value is -2.17. The van der Waals surface area contributed by atoms with Crippen LogP contribution < -0.4 is 5.32 Å². The Kier molecular flexibility index (Phi) is 5.15. The predicted molar refractivity (Wildman–Crippen MR) is 115 cm³/mol. The molecule has 29 heavy (non-hydrogen) atoms. The zero-order valence-corrected chi connectivity index (χ0v) is 17.1. The van der Waals surface area contributed by atoms with Crippen molar-refractivity contribution in [3.8, 4) is 0 Å². The highest BCUT2D eigenvalue weighted by atomic mass is 16.2. The van der Waals surface area contributed by atoms with Crippen LogP contribution in [0.2, 0.25) is 0 Å². The number of hydrogen-bond donors (Lipinski definition) is 1. The molecule has 0 saturated carbocycles. The van der Waals surface area contributed by atoms with Gasteiger partial charge in [-0.15, -0.1) is 0 Å². The average molecular weight is 390 g/mol. The second-order valence-electron chi connectivity index (χ2n) is 9.28. The molecule has 4 heterocycles. The molecule has 0 aliphatic carbocycles. The third-order valence-electron chi connectivity index (χ3n) is 7.06. The Morgan fingerprint density at radius 2 is 1.59 bits per heavy atom. The Labute approximate surface area is 173 Å². The van der Waals surface area contributed by atoms with Gasteiger partial charge in [0, 0.05) is 45.3 Å². The molecular formula is C25H31N3O. The van der Waals surface area contributed by atoms with E-state index in [4.69, 9.17) is 0 Å². The third kappa shape index (κ3) is 3.84. The molecule has 6 rings (SSSR count). The molecular weight excluding hydrogens is 358 g/mol. The van der Waals surface area contributed by atoms with Crippen LogP contribution in [0.25, 0.3) is 0 Å². The molecule has 2 aromatic carbocycles. The maximum atomic E-state index is 13.8. The minimum atomic E-state index is -0.254. The first kappa shape index (κ1) is 18.8. The van der Waals surface area contributed by atoms with Gasteiger partial charge in [-0.1, -0.05) is 60.7 Å². The standard InChI is InChI=1S/C25H31N3O/c29-24(25(18-26-19-25)13-20-7-3-1-4-8-20)28-16-22-11-12-23(28)17-27(15-22)14-21-9-5-2-6-10-21/h1-10,22-23,26H,11-19H2/t22-,23+/m1/s1. The molecule has 4 aliphatic heterocycles. The van der Waals surface area contributed by atoms with Gasteiger partial charge in [0.25, 0.3) is 0 Å². The van der Waals surface area contributed by atoms with Crippen LogP contribution >= 0.6 is 0 Å². The molecule has 2 atom stereocenters. The van der Waals surface area contributed by atoms with Gasteiger partial charge in [0.15, 0.2) is 0 Å². The van der Waals surface area contributed by atoms with Crippen LogP contribution in [0.3, 0.4) is 0 Å². The normalized spacial score (nSPS) is 26.0. The minimum Gasteiger partial charge on any atom is -0.338 e. The van der Waals surface area contributed by atoms with Crippen molar-refractivity contribution in [2.24, 2.45) is 11.3 Å². The van der Waals surface area contributed by atoms with Crippen LogP contribution in [0.15, 0.2) is 60.7 Å². The summed E-state index contributed by atoms with van der Waals surface area (Å²) in [7, 11) is 0. The highest BCUT2D eigenvalue weighted by Gasteiger charge is 2.49. The molecule has 0 radical (unpaired) electrons. The number of carbonyl (C=O) groups is 1. The second kappa shape index (κ2) is 7.92. The summed E-state index contributed by atoms with van der Waals surface area (Å²) >= 11 is 0. The molecule has 4 heteroatoms. The summed E-state index contributed by atoms with van der Waals surface area (Å²) in [4.78, 5) is 18.6. The molecule has 4 fully saturated rings. The largest absolute Gasteiger partial charge is 0.338 e. The van der Waals surface area contributed by atoms with Crippen molar-refractivity contribution in [3.05, 3.63) is 71.8 Å². The molecule has 1 amide bonds. The summed E-state index contributed by atoms with van der Waals surface area (Å²) in [6.07, 6.45) is 3.25. The number of amides is 1. The summed E-state index contributed by atoms with van der Waals surface area (Å²) in [5.74, 6) is 0.986. The van der Waals surface area contributed by atoms with Gasteiger partial charge in [-0.2, -0.15) is 0 Å². The van der Waals surface area contributed by atoms with Gasteiger partial charge in [0.2, 0.25) is 5.91 Å². The first-order chi connectivity index (χ1) is 14.2. The highest BCUT2D eigenvalue weighted by molar-refractivity contribution is 5.85. The molecule has 2 bridgehead atoms. The quantitative estimate of drug-likeness (QED) is 0.854.